The highest BCUT2D eigenvalue weighted by Crippen LogP contribution is 2.33. The number of hydrogen-bond acceptors (Lipinski definition) is 6. The van der Waals surface area contributed by atoms with Gasteiger partial charge in [0.2, 0.25) is 6.29 Å². The highest BCUT2D eigenvalue weighted by atomic mass is 32.1. The van der Waals surface area contributed by atoms with Crippen LogP contribution in [-0.4, -0.2) is 48.8 Å². The Morgan fingerprint density at radius 1 is 1.19 bits per heavy atom. The normalized spacial score (nSPS) is 19.4. The maximum atomic E-state index is 12.5. The number of hydrogen-bond donors (Lipinski definition) is 3. The summed E-state index contributed by atoms with van der Waals surface area (Å²) in [6.45, 7) is 1.47. The van der Waals surface area contributed by atoms with Gasteiger partial charge in [0.1, 0.15) is 0 Å². The van der Waals surface area contributed by atoms with Gasteiger partial charge in [0.25, 0.3) is 5.91 Å². The molecule has 27 heavy (non-hydrogen) atoms. The van der Waals surface area contributed by atoms with Crippen LogP contribution in [0.4, 0.5) is 0 Å². The van der Waals surface area contributed by atoms with Gasteiger partial charge >= 0.3 is 0 Å². The average Bonchev–Trinajstić information content (AvgIpc) is 3.22. The van der Waals surface area contributed by atoms with Crippen LogP contribution >= 0.6 is 11.3 Å². The quantitative estimate of drug-likeness (QED) is 0.446. The van der Waals surface area contributed by atoms with Crippen LogP contribution in [0, 0.1) is 0 Å². The standard InChI is InChI=1S/C20H31NO5S/c22-10-4-2-1-3-9-21-20(24)17-14-16(18-8-7-13-27-18)15-19(26-17)25-12-6-5-11-23/h7-8,13-14,16,19,22-23H,1-6,9-12,15H2,(H,21,24)/t16-,19+/m1/s1. The zero-order valence-corrected chi connectivity index (χ0v) is 16.6. The topological polar surface area (TPSA) is 88.0 Å². The summed E-state index contributed by atoms with van der Waals surface area (Å²) in [6.07, 6.45) is 7.21. The molecule has 0 saturated carbocycles. The van der Waals surface area contributed by atoms with Crippen molar-refractivity contribution >= 4 is 17.2 Å². The lowest BCUT2D eigenvalue weighted by Gasteiger charge is -2.28. The lowest BCUT2D eigenvalue weighted by molar-refractivity contribution is -0.146. The monoisotopic (exact) mass is 397 g/mol. The lowest BCUT2D eigenvalue weighted by Crippen LogP contribution is -2.33. The van der Waals surface area contributed by atoms with E-state index in [-0.39, 0.29) is 25.0 Å². The molecule has 152 valence electrons. The third-order valence-electron chi connectivity index (χ3n) is 4.42. The summed E-state index contributed by atoms with van der Waals surface area (Å²) >= 11 is 1.67. The Hall–Kier alpha value is -1.41. The first kappa shape index (κ1) is 21.9. The third kappa shape index (κ3) is 8.01. The summed E-state index contributed by atoms with van der Waals surface area (Å²) in [5.74, 6) is 0.219. The van der Waals surface area contributed by atoms with Crippen molar-refractivity contribution in [3.8, 4) is 0 Å². The molecule has 0 bridgehead atoms. The molecule has 7 heteroatoms. The number of ether oxygens (including phenoxy) is 2. The van der Waals surface area contributed by atoms with E-state index in [4.69, 9.17) is 19.7 Å². The average molecular weight is 398 g/mol. The van der Waals surface area contributed by atoms with E-state index in [1.54, 1.807) is 11.3 Å². The van der Waals surface area contributed by atoms with Gasteiger partial charge in [0.15, 0.2) is 5.76 Å². The molecule has 2 heterocycles. The van der Waals surface area contributed by atoms with Gasteiger partial charge < -0.3 is 25.0 Å². The molecule has 6 nitrogen and oxygen atoms in total. The van der Waals surface area contributed by atoms with Crippen LogP contribution in [0.15, 0.2) is 29.3 Å². The fraction of sp³-hybridized carbons (Fsp3) is 0.650. The molecule has 0 fully saturated rings. The van der Waals surface area contributed by atoms with E-state index in [0.29, 0.717) is 31.8 Å². The Bertz CT molecular complexity index is 561. The Labute approximate surface area is 165 Å². The highest BCUT2D eigenvalue weighted by Gasteiger charge is 2.29. The van der Waals surface area contributed by atoms with Crippen molar-refractivity contribution in [3.05, 3.63) is 34.2 Å². The van der Waals surface area contributed by atoms with Crippen molar-refractivity contribution in [1.29, 1.82) is 0 Å². The first-order valence-electron chi connectivity index (χ1n) is 9.78. The highest BCUT2D eigenvalue weighted by molar-refractivity contribution is 7.10. The first-order valence-corrected chi connectivity index (χ1v) is 10.7. The van der Waals surface area contributed by atoms with Gasteiger partial charge in [-0.1, -0.05) is 18.9 Å². The van der Waals surface area contributed by atoms with Crippen molar-refractivity contribution in [2.24, 2.45) is 0 Å². The maximum absolute atomic E-state index is 12.5. The molecule has 0 unspecified atom stereocenters. The van der Waals surface area contributed by atoms with Crippen molar-refractivity contribution in [2.45, 2.75) is 57.2 Å². The van der Waals surface area contributed by atoms with Gasteiger partial charge in [-0.3, -0.25) is 4.79 Å². The van der Waals surface area contributed by atoms with Crippen LogP contribution in [0.2, 0.25) is 0 Å². The van der Waals surface area contributed by atoms with E-state index in [9.17, 15) is 4.79 Å². The molecule has 1 amide bonds. The number of allylic oxidation sites excluding steroid dienone is 1. The molecule has 1 aromatic rings. The van der Waals surface area contributed by atoms with E-state index in [2.05, 4.69) is 11.4 Å². The molecule has 0 aliphatic carbocycles. The Morgan fingerprint density at radius 3 is 2.70 bits per heavy atom. The number of rotatable bonds is 13. The molecule has 1 aliphatic heterocycles. The minimum absolute atomic E-state index is 0.104. The van der Waals surface area contributed by atoms with Crippen molar-refractivity contribution in [2.75, 3.05) is 26.4 Å². The second-order valence-electron chi connectivity index (χ2n) is 6.63. The zero-order valence-electron chi connectivity index (χ0n) is 15.8. The zero-order chi connectivity index (χ0) is 19.3. The van der Waals surface area contributed by atoms with E-state index >= 15 is 0 Å². The Kier molecular flexibility index (Phi) is 10.4. The van der Waals surface area contributed by atoms with Crippen molar-refractivity contribution in [3.63, 3.8) is 0 Å². The number of unbranched alkanes of at least 4 members (excludes halogenated alkanes) is 4. The number of nitrogens with one attached hydrogen (secondary N) is 1. The van der Waals surface area contributed by atoms with Gasteiger partial charge in [0.05, 0.1) is 6.61 Å². The van der Waals surface area contributed by atoms with Gasteiger partial charge in [-0.15, -0.1) is 11.3 Å². The number of amides is 1. The van der Waals surface area contributed by atoms with E-state index in [0.717, 1.165) is 32.1 Å². The maximum Gasteiger partial charge on any atom is 0.286 e. The smallest absolute Gasteiger partial charge is 0.286 e. The molecule has 0 spiro atoms. The predicted octanol–water partition coefficient (Wildman–Crippen LogP) is 2.92. The van der Waals surface area contributed by atoms with Crippen LogP contribution in [0.1, 0.15) is 55.7 Å². The number of aliphatic hydroxyl groups is 2. The Balaban J connectivity index is 1.87. The van der Waals surface area contributed by atoms with Crippen LogP contribution in [-0.2, 0) is 14.3 Å². The van der Waals surface area contributed by atoms with Crippen LogP contribution < -0.4 is 5.32 Å². The van der Waals surface area contributed by atoms with E-state index < -0.39 is 6.29 Å². The number of carbonyl (C=O) groups excluding carboxylic acids is 1. The molecule has 0 saturated heterocycles. The molecular weight excluding hydrogens is 366 g/mol. The van der Waals surface area contributed by atoms with Gasteiger partial charge in [0, 0.05) is 37.0 Å². The van der Waals surface area contributed by atoms with Gasteiger partial charge in [-0.25, -0.2) is 0 Å². The fourth-order valence-electron chi connectivity index (χ4n) is 2.93. The van der Waals surface area contributed by atoms with Crippen molar-refractivity contribution < 1.29 is 24.5 Å². The molecule has 3 N–H and O–H groups in total. The van der Waals surface area contributed by atoms with Gasteiger partial charge in [-0.2, -0.15) is 0 Å². The molecule has 0 radical (unpaired) electrons. The van der Waals surface area contributed by atoms with E-state index in [1.165, 1.54) is 4.88 Å². The summed E-state index contributed by atoms with van der Waals surface area (Å²) < 4.78 is 11.6. The van der Waals surface area contributed by atoms with Crippen LogP contribution in [0.3, 0.4) is 0 Å². The summed E-state index contributed by atoms with van der Waals surface area (Å²) in [5, 5.41) is 22.6. The second-order valence-corrected chi connectivity index (χ2v) is 7.61. The molecule has 2 atom stereocenters. The minimum Gasteiger partial charge on any atom is -0.459 e. The van der Waals surface area contributed by atoms with Gasteiger partial charge in [-0.05, 0) is 43.2 Å². The minimum atomic E-state index is -0.453. The van der Waals surface area contributed by atoms with Crippen LogP contribution in [0.25, 0.3) is 0 Å². The molecular formula is C20H31NO5S. The van der Waals surface area contributed by atoms with Crippen molar-refractivity contribution in [1.82, 2.24) is 5.32 Å². The summed E-state index contributed by atoms with van der Waals surface area (Å²) in [5.41, 5.74) is 0. The first-order chi connectivity index (χ1) is 13.2. The molecule has 2 rings (SSSR count). The number of thiophene rings is 1. The van der Waals surface area contributed by atoms with Crippen LogP contribution in [0.5, 0.6) is 0 Å². The SMILES string of the molecule is O=C(NCCCCCCO)C1=C[C@@H](c2cccs2)C[C@@H](OCCCCO)O1. The summed E-state index contributed by atoms with van der Waals surface area (Å²) in [4.78, 5) is 13.7. The second kappa shape index (κ2) is 12.9. The molecule has 1 aliphatic rings. The number of aliphatic hydroxyl groups excluding tert-OH is 2. The molecule has 0 aromatic carbocycles. The predicted molar refractivity (Wildman–Crippen MR) is 105 cm³/mol. The summed E-state index contributed by atoms with van der Waals surface area (Å²) in [6, 6.07) is 4.07. The fourth-order valence-corrected chi connectivity index (χ4v) is 3.74. The lowest BCUT2D eigenvalue weighted by atomic mass is 9.99. The third-order valence-corrected chi connectivity index (χ3v) is 5.42. The largest absolute Gasteiger partial charge is 0.459 e. The summed E-state index contributed by atoms with van der Waals surface area (Å²) in [7, 11) is 0. The Morgan fingerprint density at radius 2 is 1.96 bits per heavy atom. The molecule has 1 aromatic heterocycles. The van der Waals surface area contributed by atoms with E-state index in [1.807, 2.05) is 17.5 Å². The number of carbonyl (C=O) groups is 1.